The van der Waals surface area contributed by atoms with Gasteiger partial charge in [0.1, 0.15) is 5.75 Å². The molecule has 0 amide bonds. The van der Waals surface area contributed by atoms with Crippen LogP contribution in [-0.4, -0.2) is 12.1 Å². The molecule has 5 aromatic rings. The molecule has 126 valence electrons. The first-order valence-corrected chi connectivity index (χ1v) is 8.97. The lowest BCUT2D eigenvalue weighted by atomic mass is 10.0. The normalized spacial score (nSPS) is 11.6. The Bertz CT molecular complexity index is 1460. The number of aromatic nitrogens is 1. The van der Waals surface area contributed by atoms with Crippen molar-refractivity contribution in [1.29, 1.82) is 0 Å². The van der Waals surface area contributed by atoms with Crippen LogP contribution in [0.25, 0.3) is 42.0 Å². The number of hydrogen-bond donors (Lipinski definition) is 1. The predicted molar refractivity (Wildman–Crippen MR) is 108 cm³/mol. The maximum absolute atomic E-state index is 13.1. The molecule has 5 rings (SSSR count). The predicted octanol–water partition coefficient (Wildman–Crippen LogP) is 4.42. The molecule has 0 aliphatic carbocycles. The van der Waals surface area contributed by atoms with E-state index in [-0.39, 0.29) is 10.9 Å². The minimum Gasteiger partial charge on any atom is -0.497 e. The number of ether oxygens (including phenoxy) is 1. The van der Waals surface area contributed by atoms with E-state index in [1.165, 1.54) is 0 Å². The van der Waals surface area contributed by atoms with Crippen molar-refractivity contribution in [2.45, 2.75) is 0 Å². The standard InChI is InChI=1S/C21H13NO3S/c1-25-11-6-8-15-17(10-11)26-16-9-7-14-18(19(16)22-15)21(24)13-5-3-2-4-12(13)20(14)23/h2-10,22H,1H3. The molecule has 1 heterocycles. The minimum atomic E-state index is -0.114. The summed E-state index contributed by atoms with van der Waals surface area (Å²) in [5.41, 5.74) is 1.39. The smallest absolute Gasteiger partial charge is 0.196 e. The summed E-state index contributed by atoms with van der Waals surface area (Å²) in [5.74, 6) is 0.777. The van der Waals surface area contributed by atoms with E-state index in [4.69, 9.17) is 4.74 Å². The number of fused-ring (bicyclic) bond motifs is 5. The van der Waals surface area contributed by atoms with Gasteiger partial charge in [0.15, 0.2) is 10.9 Å². The molecule has 0 bridgehead atoms. The Morgan fingerprint density at radius 1 is 0.846 bits per heavy atom. The fourth-order valence-corrected chi connectivity index (χ4v) is 4.48. The molecule has 0 spiro atoms. The van der Waals surface area contributed by atoms with Gasteiger partial charge in [-0.2, -0.15) is 0 Å². The van der Waals surface area contributed by atoms with Crippen molar-refractivity contribution in [3.8, 4) is 5.75 Å². The highest BCUT2D eigenvalue weighted by Gasteiger charge is 2.14. The van der Waals surface area contributed by atoms with E-state index in [0.29, 0.717) is 27.1 Å². The Labute approximate surface area is 151 Å². The molecule has 26 heavy (non-hydrogen) atoms. The Balaban J connectivity index is 2.03. The van der Waals surface area contributed by atoms with E-state index in [2.05, 4.69) is 4.98 Å². The number of nitrogens with one attached hydrogen (secondary N) is 1. The molecule has 4 nitrogen and oxygen atoms in total. The molecule has 0 radical (unpaired) electrons. The molecule has 1 aromatic heterocycles. The van der Waals surface area contributed by atoms with Gasteiger partial charge < -0.3 is 9.72 Å². The Morgan fingerprint density at radius 2 is 1.62 bits per heavy atom. The van der Waals surface area contributed by atoms with Crippen LogP contribution in [0.3, 0.4) is 0 Å². The molecule has 0 saturated carbocycles. The topological polar surface area (TPSA) is 59.2 Å². The van der Waals surface area contributed by atoms with Crippen LogP contribution in [-0.2, 0) is 0 Å². The number of benzene rings is 4. The van der Waals surface area contributed by atoms with Crippen molar-refractivity contribution < 1.29 is 4.74 Å². The summed E-state index contributed by atoms with van der Waals surface area (Å²) in [4.78, 5) is 29.3. The molecule has 1 N–H and O–H groups in total. The van der Waals surface area contributed by atoms with Crippen molar-refractivity contribution in [2.24, 2.45) is 0 Å². The molecule has 0 aliphatic rings. The quantitative estimate of drug-likeness (QED) is 0.356. The van der Waals surface area contributed by atoms with Gasteiger partial charge in [0, 0.05) is 16.2 Å². The summed E-state index contributed by atoms with van der Waals surface area (Å²) in [7, 11) is 1.63. The second-order valence-electron chi connectivity index (χ2n) is 6.15. The van der Waals surface area contributed by atoms with Gasteiger partial charge >= 0.3 is 0 Å². The fourth-order valence-electron chi connectivity index (χ4n) is 3.45. The highest BCUT2D eigenvalue weighted by atomic mass is 32.1. The average Bonchev–Trinajstić information content (AvgIpc) is 2.69. The van der Waals surface area contributed by atoms with Crippen LogP contribution < -0.4 is 15.6 Å². The third kappa shape index (κ3) is 2.01. The van der Waals surface area contributed by atoms with Crippen molar-refractivity contribution in [3.05, 3.63) is 75.0 Å². The molecular formula is C21H13NO3S. The second-order valence-corrected chi connectivity index (χ2v) is 7.24. The zero-order valence-corrected chi connectivity index (χ0v) is 14.6. The lowest BCUT2D eigenvalue weighted by Gasteiger charge is -2.08. The summed E-state index contributed by atoms with van der Waals surface area (Å²) in [5, 5.41) is 1.85. The third-order valence-electron chi connectivity index (χ3n) is 4.72. The van der Waals surface area contributed by atoms with E-state index in [0.717, 1.165) is 20.7 Å². The summed E-state index contributed by atoms with van der Waals surface area (Å²) >= 11 is 1.56. The summed E-state index contributed by atoms with van der Waals surface area (Å²) in [6.45, 7) is 0. The first-order valence-electron chi connectivity index (χ1n) is 8.15. The number of hydrogen-bond acceptors (Lipinski definition) is 4. The summed E-state index contributed by atoms with van der Waals surface area (Å²) in [6, 6.07) is 16.4. The number of methoxy groups -OCH3 is 1. The van der Waals surface area contributed by atoms with Gasteiger partial charge in [0.25, 0.3) is 0 Å². The van der Waals surface area contributed by atoms with E-state index >= 15 is 0 Å². The van der Waals surface area contributed by atoms with Gasteiger partial charge in [-0.25, -0.2) is 0 Å². The highest BCUT2D eigenvalue weighted by molar-refractivity contribution is 7.24. The van der Waals surface area contributed by atoms with Gasteiger partial charge in [-0.1, -0.05) is 24.3 Å². The number of aromatic amines is 1. The van der Waals surface area contributed by atoms with Crippen LogP contribution in [0.5, 0.6) is 5.75 Å². The zero-order chi connectivity index (χ0) is 17.8. The Hall–Kier alpha value is -3.18. The minimum absolute atomic E-state index is 0.106. The summed E-state index contributed by atoms with van der Waals surface area (Å²) < 4.78 is 7.23. The van der Waals surface area contributed by atoms with Crippen molar-refractivity contribution >= 4 is 53.3 Å². The van der Waals surface area contributed by atoms with Gasteiger partial charge in [-0.05, 0) is 30.3 Å². The van der Waals surface area contributed by atoms with Crippen LogP contribution in [0.2, 0.25) is 0 Å². The lowest BCUT2D eigenvalue weighted by molar-refractivity contribution is 0.415. The van der Waals surface area contributed by atoms with Crippen molar-refractivity contribution in [2.75, 3.05) is 7.11 Å². The van der Waals surface area contributed by atoms with Gasteiger partial charge in [-0.15, -0.1) is 11.3 Å². The monoisotopic (exact) mass is 359 g/mol. The SMILES string of the molecule is COc1ccc2[nH]c3c(ccc4c(=O)c5ccccc5c(=O)c43)sc2c1. The molecule has 0 atom stereocenters. The van der Waals surface area contributed by atoms with E-state index in [1.54, 1.807) is 48.8 Å². The first kappa shape index (κ1) is 15.1. The Morgan fingerprint density at radius 3 is 2.38 bits per heavy atom. The van der Waals surface area contributed by atoms with E-state index in [1.807, 2.05) is 24.3 Å². The molecule has 0 fully saturated rings. The first-order chi connectivity index (χ1) is 12.7. The third-order valence-corrected chi connectivity index (χ3v) is 5.84. The van der Waals surface area contributed by atoms with Crippen molar-refractivity contribution in [1.82, 2.24) is 4.98 Å². The molecule has 0 unspecified atom stereocenters. The highest BCUT2D eigenvalue weighted by Crippen LogP contribution is 2.31. The van der Waals surface area contributed by atoms with Crippen LogP contribution >= 0.6 is 11.3 Å². The van der Waals surface area contributed by atoms with E-state index in [9.17, 15) is 9.59 Å². The molecule has 0 aliphatic heterocycles. The van der Waals surface area contributed by atoms with Crippen LogP contribution in [0, 0.1) is 0 Å². The molecule has 0 saturated heterocycles. The maximum Gasteiger partial charge on any atom is 0.196 e. The Kier molecular flexibility index (Phi) is 3.14. The van der Waals surface area contributed by atoms with Crippen LogP contribution in [0.15, 0.2) is 64.2 Å². The number of rotatable bonds is 1. The van der Waals surface area contributed by atoms with Gasteiger partial charge in [0.05, 0.1) is 32.9 Å². The molecule has 5 heteroatoms. The second kappa shape index (κ2) is 5.41. The van der Waals surface area contributed by atoms with Crippen LogP contribution in [0.4, 0.5) is 0 Å². The van der Waals surface area contributed by atoms with Crippen molar-refractivity contribution in [3.63, 3.8) is 0 Å². The van der Waals surface area contributed by atoms with Crippen LogP contribution in [0.1, 0.15) is 0 Å². The van der Waals surface area contributed by atoms with Gasteiger partial charge in [-0.3, -0.25) is 9.59 Å². The fraction of sp³-hybridized carbons (Fsp3) is 0.0476. The largest absolute Gasteiger partial charge is 0.497 e. The lowest BCUT2D eigenvalue weighted by Crippen LogP contribution is -2.13. The maximum atomic E-state index is 13.1. The van der Waals surface area contributed by atoms with Gasteiger partial charge in [0.2, 0.25) is 0 Å². The number of H-pyrrole nitrogens is 1. The average molecular weight is 359 g/mol. The summed E-state index contributed by atoms with van der Waals surface area (Å²) in [6.07, 6.45) is 0. The zero-order valence-electron chi connectivity index (χ0n) is 13.8. The molecule has 4 aromatic carbocycles. The molecular weight excluding hydrogens is 346 g/mol. The van der Waals surface area contributed by atoms with E-state index < -0.39 is 0 Å².